The summed E-state index contributed by atoms with van der Waals surface area (Å²) in [6, 6.07) is 14.1. The molecule has 106 valence electrons. The minimum absolute atomic E-state index is 0.331. The monoisotopic (exact) mass is 319 g/mol. The molecular weight excluding hydrogens is 309 g/mol. The summed E-state index contributed by atoms with van der Waals surface area (Å²) in [6.45, 7) is 0. The molecule has 2 aromatic rings. The van der Waals surface area contributed by atoms with E-state index < -0.39 is 4.33 Å². The minimum Gasteiger partial charge on any atom is -0.497 e. The number of nitrogens with zero attached hydrogens (tertiary/aromatic N) is 1. The molecule has 0 atom stereocenters. The third-order valence-electron chi connectivity index (χ3n) is 3.33. The van der Waals surface area contributed by atoms with Gasteiger partial charge in [-0.25, -0.2) is 4.99 Å². The van der Waals surface area contributed by atoms with Crippen molar-refractivity contribution in [1.29, 1.82) is 0 Å². The van der Waals surface area contributed by atoms with Crippen LogP contribution in [-0.4, -0.2) is 22.9 Å². The van der Waals surface area contributed by atoms with Gasteiger partial charge in [0.1, 0.15) is 5.75 Å². The molecular formula is C16H11Cl2NO2. The number of Topliss-reactive ketones (excluding diaryl/α,β-unsaturated/α-hetero) is 1. The van der Waals surface area contributed by atoms with Crippen LogP contribution in [0.25, 0.3) is 0 Å². The fourth-order valence-corrected chi connectivity index (χ4v) is 2.73. The minimum atomic E-state index is -1.69. The summed E-state index contributed by atoms with van der Waals surface area (Å²) < 4.78 is 3.42. The number of para-hydroxylation sites is 1. The molecule has 2 aromatic carbocycles. The van der Waals surface area contributed by atoms with Gasteiger partial charge in [-0.1, -0.05) is 35.3 Å². The number of halogens is 2. The molecule has 0 saturated carbocycles. The molecule has 5 heteroatoms. The molecule has 1 heterocycles. The van der Waals surface area contributed by atoms with Crippen LogP contribution >= 0.6 is 23.2 Å². The molecule has 0 amide bonds. The number of rotatable bonds is 2. The molecule has 3 rings (SSSR count). The number of alkyl halides is 2. The van der Waals surface area contributed by atoms with Gasteiger partial charge in [-0.15, -0.1) is 0 Å². The first-order valence-electron chi connectivity index (χ1n) is 6.29. The number of ether oxygens (including phenoxy) is 1. The van der Waals surface area contributed by atoms with E-state index in [0.717, 1.165) is 0 Å². The average Bonchev–Trinajstić information content (AvgIpc) is 2.51. The second-order valence-corrected chi connectivity index (χ2v) is 5.94. The van der Waals surface area contributed by atoms with Gasteiger partial charge in [0.2, 0.25) is 10.1 Å². The molecule has 0 aliphatic carbocycles. The predicted octanol–water partition coefficient (Wildman–Crippen LogP) is 4.19. The Kier molecular flexibility index (Phi) is 3.47. The molecule has 0 aromatic heterocycles. The summed E-state index contributed by atoms with van der Waals surface area (Å²) in [7, 11) is 1.58. The second kappa shape index (κ2) is 5.17. The SMILES string of the molecule is COc1ccc(C2=Nc3ccccc3C(=O)C2(Cl)Cl)cc1. The van der Waals surface area contributed by atoms with E-state index in [4.69, 9.17) is 27.9 Å². The number of fused-ring (bicyclic) bond motifs is 1. The van der Waals surface area contributed by atoms with Gasteiger partial charge in [0.25, 0.3) is 0 Å². The first-order chi connectivity index (χ1) is 10.0. The van der Waals surface area contributed by atoms with E-state index in [1.807, 2.05) is 6.07 Å². The Balaban J connectivity index is 2.16. The molecule has 0 N–H and O–H groups in total. The van der Waals surface area contributed by atoms with E-state index in [0.29, 0.717) is 28.3 Å². The maximum atomic E-state index is 12.5. The second-order valence-electron chi connectivity index (χ2n) is 4.61. The quantitative estimate of drug-likeness (QED) is 0.778. The van der Waals surface area contributed by atoms with Crippen molar-refractivity contribution in [2.75, 3.05) is 7.11 Å². The van der Waals surface area contributed by atoms with Crippen molar-refractivity contribution >= 4 is 40.4 Å². The first kappa shape index (κ1) is 14.1. The Morgan fingerprint density at radius 3 is 2.38 bits per heavy atom. The maximum absolute atomic E-state index is 12.5. The van der Waals surface area contributed by atoms with E-state index in [9.17, 15) is 4.79 Å². The number of methoxy groups -OCH3 is 1. The molecule has 0 radical (unpaired) electrons. The van der Waals surface area contributed by atoms with E-state index in [1.165, 1.54) is 0 Å². The summed E-state index contributed by atoms with van der Waals surface area (Å²) in [5.41, 5.74) is 2.02. The lowest BCUT2D eigenvalue weighted by Gasteiger charge is -2.26. The zero-order valence-corrected chi connectivity index (χ0v) is 12.7. The predicted molar refractivity (Wildman–Crippen MR) is 84.4 cm³/mol. The van der Waals surface area contributed by atoms with Crippen LogP contribution in [0.2, 0.25) is 0 Å². The molecule has 3 nitrogen and oxygen atoms in total. The Hall–Kier alpha value is -1.84. The number of benzene rings is 2. The van der Waals surface area contributed by atoms with Crippen molar-refractivity contribution in [3.05, 3.63) is 59.7 Å². The maximum Gasteiger partial charge on any atom is 0.222 e. The summed E-state index contributed by atoms with van der Waals surface area (Å²) in [4.78, 5) is 16.9. The number of ketones is 1. The molecule has 1 aliphatic rings. The lowest BCUT2D eigenvalue weighted by molar-refractivity contribution is 0.0992. The van der Waals surface area contributed by atoms with Gasteiger partial charge in [-0.05, 0) is 42.0 Å². The van der Waals surface area contributed by atoms with Gasteiger partial charge in [0, 0.05) is 5.56 Å². The number of hydrogen-bond acceptors (Lipinski definition) is 3. The molecule has 0 bridgehead atoms. The van der Waals surface area contributed by atoms with E-state index in [-0.39, 0.29) is 5.78 Å². The number of carbonyl (C=O) groups is 1. The van der Waals surface area contributed by atoms with Crippen LogP contribution in [0.5, 0.6) is 5.75 Å². The Bertz CT molecular complexity index is 736. The van der Waals surface area contributed by atoms with Crippen molar-refractivity contribution < 1.29 is 9.53 Å². The van der Waals surface area contributed by atoms with E-state index in [1.54, 1.807) is 49.6 Å². The largest absolute Gasteiger partial charge is 0.497 e. The van der Waals surface area contributed by atoms with Crippen LogP contribution in [-0.2, 0) is 0 Å². The van der Waals surface area contributed by atoms with Crippen molar-refractivity contribution in [3.63, 3.8) is 0 Å². The zero-order chi connectivity index (χ0) is 15.0. The number of hydrogen-bond donors (Lipinski definition) is 0. The fraction of sp³-hybridized carbons (Fsp3) is 0.125. The smallest absolute Gasteiger partial charge is 0.222 e. The van der Waals surface area contributed by atoms with E-state index in [2.05, 4.69) is 4.99 Å². The molecule has 0 fully saturated rings. The highest BCUT2D eigenvalue weighted by atomic mass is 35.5. The van der Waals surface area contributed by atoms with Crippen molar-refractivity contribution in [2.24, 2.45) is 4.99 Å². The molecule has 0 saturated heterocycles. The molecule has 0 unspecified atom stereocenters. The highest BCUT2D eigenvalue weighted by molar-refractivity contribution is 6.72. The summed E-state index contributed by atoms with van der Waals surface area (Å²) >= 11 is 12.6. The van der Waals surface area contributed by atoms with Crippen LogP contribution in [0.1, 0.15) is 15.9 Å². The van der Waals surface area contributed by atoms with Gasteiger partial charge < -0.3 is 4.74 Å². The van der Waals surface area contributed by atoms with Crippen LogP contribution in [0.3, 0.4) is 0 Å². The fourth-order valence-electron chi connectivity index (χ4n) is 2.23. The third-order valence-corrected chi connectivity index (χ3v) is 4.03. The normalized spacial score (nSPS) is 16.1. The van der Waals surface area contributed by atoms with Crippen LogP contribution in [0, 0.1) is 0 Å². The third kappa shape index (κ3) is 2.33. The Morgan fingerprint density at radius 2 is 1.71 bits per heavy atom. The molecule has 21 heavy (non-hydrogen) atoms. The topological polar surface area (TPSA) is 38.7 Å². The van der Waals surface area contributed by atoms with Crippen molar-refractivity contribution in [1.82, 2.24) is 0 Å². The lowest BCUT2D eigenvalue weighted by Crippen LogP contribution is -2.38. The number of aliphatic imine (C=N–C) groups is 1. The van der Waals surface area contributed by atoms with Crippen molar-refractivity contribution in [3.8, 4) is 5.75 Å². The first-order valence-corrected chi connectivity index (χ1v) is 7.05. The van der Waals surface area contributed by atoms with Crippen LogP contribution in [0.4, 0.5) is 5.69 Å². The molecule has 1 aliphatic heterocycles. The van der Waals surface area contributed by atoms with E-state index >= 15 is 0 Å². The summed E-state index contributed by atoms with van der Waals surface area (Å²) in [5.74, 6) is 0.346. The van der Waals surface area contributed by atoms with Crippen molar-refractivity contribution in [2.45, 2.75) is 4.33 Å². The number of carbonyl (C=O) groups excluding carboxylic acids is 1. The van der Waals surface area contributed by atoms with Gasteiger partial charge in [0.05, 0.1) is 18.5 Å². The van der Waals surface area contributed by atoms with Crippen LogP contribution < -0.4 is 4.74 Å². The summed E-state index contributed by atoms with van der Waals surface area (Å²) in [6.07, 6.45) is 0. The van der Waals surface area contributed by atoms with Gasteiger partial charge in [0.15, 0.2) is 0 Å². The highest BCUT2D eigenvalue weighted by Crippen LogP contribution is 2.39. The average molecular weight is 320 g/mol. The van der Waals surface area contributed by atoms with Crippen LogP contribution in [0.15, 0.2) is 53.5 Å². The Labute approximate surface area is 132 Å². The summed E-state index contributed by atoms with van der Waals surface area (Å²) in [5, 5.41) is 0. The van der Waals surface area contributed by atoms with Gasteiger partial charge >= 0.3 is 0 Å². The lowest BCUT2D eigenvalue weighted by atomic mass is 9.95. The molecule has 0 spiro atoms. The van der Waals surface area contributed by atoms with Gasteiger partial charge in [-0.2, -0.15) is 0 Å². The van der Waals surface area contributed by atoms with Gasteiger partial charge in [-0.3, -0.25) is 4.79 Å². The standard InChI is InChI=1S/C16H11Cl2NO2/c1-21-11-8-6-10(7-9-11)14-16(17,18)15(20)12-4-2-3-5-13(12)19-14/h2-9H,1H3. The zero-order valence-electron chi connectivity index (χ0n) is 11.1. The highest BCUT2D eigenvalue weighted by Gasteiger charge is 2.44. The Morgan fingerprint density at radius 1 is 1.05 bits per heavy atom.